The van der Waals surface area contributed by atoms with Crippen LogP contribution in [-0.4, -0.2) is 57.0 Å². The van der Waals surface area contributed by atoms with Crippen molar-refractivity contribution in [2.75, 3.05) is 39.9 Å². The summed E-state index contributed by atoms with van der Waals surface area (Å²) in [4.78, 5) is 2.25. The van der Waals surface area contributed by atoms with Crippen LogP contribution in [0.15, 0.2) is 0 Å². The number of rotatable bonds is 6. The minimum atomic E-state index is -4.12. The molecule has 2 atom stereocenters. The topological polar surface area (TPSA) is 24.5 Å². The molecule has 0 aromatic rings. The lowest BCUT2D eigenvalue weighted by Gasteiger charge is -2.36. The standard InChI is InChI=1S/C12H23F3N2O/c1-10(6-16-9-12(13,14)15)17-5-3-4-11(7-17)8-18-2/h10-11,16H,3-9H2,1-2H3. The van der Waals surface area contributed by atoms with Gasteiger partial charge in [-0.15, -0.1) is 0 Å². The minimum absolute atomic E-state index is 0.131. The maximum absolute atomic E-state index is 12.0. The summed E-state index contributed by atoms with van der Waals surface area (Å²) in [6, 6.07) is 0.131. The molecule has 108 valence electrons. The molecule has 1 fully saturated rings. The van der Waals surface area contributed by atoms with Crippen molar-refractivity contribution < 1.29 is 17.9 Å². The fourth-order valence-electron chi connectivity index (χ4n) is 2.42. The third kappa shape index (κ3) is 6.02. The van der Waals surface area contributed by atoms with Crippen LogP contribution in [-0.2, 0) is 4.74 Å². The van der Waals surface area contributed by atoms with Crippen LogP contribution >= 0.6 is 0 Å². The average molecular weight is 268 g/mol. The van der Waals surface area contributed by atoms with E-state index in [9.17, 15) is 13.2 Å². The van der Waals surface area contributed by atoms with Crippen LogP contribution < -0.4 is 5.32 Å². The summed E-state index contributed by atoms with van der Waals surface area (Å²) in [6.45, 7) is 4.06. The number of ether oxygens (including phenoxy) is 1. The van der Waals surface area contributed by atoms with Gasteiger partial charge < -0.3 is 10.1 Å². The molecule has 18 heavy (non-hydrogen) atoms. The quantitative estimate of drug-likeness (QED) is 0.796. The highest BCUT2D eigenvalue weighted by molar-refractivity contribution is 4.78. The maximum atomic E-state index is 12.0. The lowest BCUT2D eigenvalue weighted by atomic mass is 9.98. The zero-order valence-corrected chi connectivity index (χ0v) is 11.1. The van der Waals surface area contributed by atoms with Gasteiger partial charge in [0.2, 0.25) is 0 Å². The smallest absolute Gasteiger partial charge is 0.384 e. The highest BCUT2D eigenvalue weighted by Crippen LogP contribution is 2.18. The molecular weight excluding hydrogens is 245 g/mol. The first-order valence-electron chi connectivity index (χ1n) is 6.43. The normalized spacial score (nSPS) is 24.2. The molecule has 1 saturated heterocycles. The Labute approximate surface area is 107 Å². The monoisotopic (exact) mass is 268 g/mol. The van der Waals surface area contributed by atoms with E-state index < -0.39 is 12.7 Å². The molecule has 3 nitrogen and oxygen atoms in total. The summed E-state index contributed by atoms with van der Waals surface area (Å²) in [5.74, 6) is 0.508. The highest BCUT2D eigenvalue weighted by atomic mass is 19.4. The van der Waals surface area contributed by atoms with Crippen molar-refractivity contribution in [1.82, 2.24) is 10.2 Å². The second-order valence-electron chi connectivity index (χ2n) is 5.05. The molecule has 1 aliphatic heterocycles. The number of hydrogen-bond acceptors (Lipinski definition) is 3. The molecule has 0 bridgehead atoms. The van der Waals surface area contributed by atoms with Crippen molar-refractivity contribution in [3.63, 3.8) is 0 Å². The van der Waals surface area contributed by atoms with Gasteiger partial charge >= 0.3 is 6.18 Å². The SMILES string of the molecule is COCC1CCCN(C(C)CNCC(F)(F)F)C1. The van der Waals surface area contributed by atoms with Crippen LogP contribution in [0.5, 0.6) is 0 Å². The fraction of sp³-hybridized carbons (Fsp3) is 1.00. The lowest BCUT2D eigenvalue weighted by Crippen LogP contribution is -2.47. The lowest BCUT2D eigenvalue weighted by molar-refractivity contribution is -0.125. The maximum Gasteiger partial charge on any atom is 0.401 e. The Morgan fingerprint density at radius 3 is 2.78 bits per heavy atom. The Morgan fingerprint density at radius 1 is 1.44 bits per heavy atom. The Kier molecular flexibility index (Phi) is 6.38. The predicted molar refractivity (Wildman–Crippen MR) is 64.6 cm³/mol. The van der Waals surface area contributed by atoms with E-state index in [4.69, 9.17) is 4.74 Å². The van der Waals surface area contributed by atoms with E-state index in [2.05, 4.69) is 10.2 Å². The molecule has 1 aliphatic rings. The molecule has 0 aliphatic carbocycles. The van der Waals surface area contributed by atoms with Gasteiger partial charge in [0, 0.05) is 26.2 Å². The third-order valence-corrected chi connectivity index (χ3v) is 3.34. The van der Waals surface area contributed by atoms with Gasteiger partial charge in [-0.3, -0.25) is 4.90 Å². The van der Waals surface area contributed by atoms with E-state index in [-0.39, 0.29) is 6.04 Å². The number of piperidine rings is 1. The molecule has 1 N–H and O–H groups in total. The predicted octanol–water partition coefficient (Wildman–Crippen LogP) is 1.89. The fourth-order valence-corrected chi connectivity index (χ4v) is 2.42. The molecular formula is C12H23F3N2O. The van der Waals surface area contributed by atoms with E-state index in [0.717, 1.165) is 32.5 Å². The summed E-state index contributed by atoms with van der Waals surface area (Å²) in [5, 5.41) is 2.47. The van der Waals surface area contributed by atoms with Crippen molar-refractivity contribution in [3.05, 3.63) is 0 Å². The summed E-state index contributed by atoms with van der Waals surface area (Å²) >= 11 is 0. The summed E-state index contributed by atoms with van der Waals surface area (Å²) < 4.78 is 41.2. The molecule has 0 amide bonds. The van der Waals surface area contributed by atoms with Gasteiger partial charge in [-0.25, -0.2) is 0 Å². The molecule has 2 unspecified atom stereocenters. The molecule has 0 spiro atoms. The second-order valence-corrected chi connectivity index (χ2v) is 5.05. The van der Waals surface area contributed by atoms with E-state index in [1.165, 1.54) is 0 Å². The number of nitrogens with zero attached hydrogens (tertiary/aromatic N) is 1. The molecule has 1 rings (SSSR count). The molecule has 0 aromatic carbocycles. The van der Waals surface area contributed by atoms with Gasteiger partial charge in [0.05, 0.1) is 13.2 Å². The second kappa shape index (κ2) is 7.31. The van der Waals surface area contributed by atoms with Gasteiger partial charge in [-0.05, 0) is 32.2 Å². The molecule has 0 saturated carbocycles. The number of hydrogen-bond donors (Lipinski definition) is 1. The largest absolute Gasteiger partial charge is 0.401 e. The first kappa shape index (κ1) is 15.7. The Bertz CT molecular complexity index is 234. The van der Waals surface area contributed by atoms with E-state index in [0.29, 0.717) is 12.5 Å². The van der Waals surface area contributed by atoms with Crippen LogP contribution in [0, 0.1) is 5.92 Å². The van der Waals surface area contributed by atoms with E-state index in [1.807, 2.05) is 6.92 Å². The minimum Gasteiger partial charge on any atom is -0.384 e. The van der Waals surface area contributed by atoms with Crippen molar-refractivity contribution in [2.24, 2.45) is 5.92 Å². The molecule has 6 heteroatoms. The van der Waals surface area contributed by atoms with Gasteiger partial charge in [-0.2, -0.15) is 13.2 Å². The van der Waals surface area contributed by atoms with Gasteiger partial charge in [0.1, 0.15) is 0 Å². The Hall–Kier alpha value is -0.330. The summed E-state index contributed by atoms with van der Waals surface area (Å²) in [7, 11) is 1.69. The average Bonchev–Trinajstić information content (AvgIpc) is 2.28. The molecule has 1 heterocycles. The van der Waals surface area contributed by atoms with Crippen molar-refractivity contribution >= 4 is 0 Å². The Balaban J connectivity index is 2.26. The third-order valence-electron chi connectivity index (χ3n) is 3.34. The van der Waals surface area contributed by atoms with Crippen LogP contribution in [0.3, 0.4) is 0 Å². The van der Waals surface area contributed by atoms with Gasteiger partial charge in [0.25, 0.3) is 0 Å². The van der Waals surface area contributed by atoms with E-state index >= 15 is 0 Å². The number of nitrogens with one attached hydrogen (secondary N) is 1. The van der Waals surface area contributed by atoms with Crippen LogP contribution in [0.4, 0.5) is 13.2 Å². The zero-order chi connectivity index (χ0) is 13.6. The number of halogens is 3. The number of likely N-dealkylation sites (tertiary alicyclic amines) is 1. The molecule has 0 radical (unpaired) electrons. The first-order chi connectivity index (χ1) is 8.42. The highest BCUT2D eigenvalue weighted by Gasteiger charge is 2.28. The summed E-state index contributed by atoms with van der Waals surface area (Å²) in [5.41, 5.74) is 0. The van der Waals surface area contributed by atoms with Gasteiger partial charge in [0.15, 0.2) is 0 Å². The number of alkyl halides is 3. The first-order valence-corrected chi connectivity index (χ1v) is 6.43. The van der Waals surface area contributed by atoms with Crippen LogP contribution in [0.25, 0.3) is 0 Å². The van der Waals surface area contributed by atoms with Crippen LogP contribution in [0.1, 0.15) is 19.8 Å². The van der Waals surface area contributed by atoms with Crippen molar-refractivity contribution in [2.45, 2.75) is 32.0 Å². The zero-order valence-electron chi connectivity index (χ0n) is 11.1. The Morgan fingerprint density at radius 2 is 2.17 bits per heavy atom. The molecule has 0 aromatic heterocycles. The van der Waals surface area contributed by atoms with Crippen molar-refractivity contribution in [3.8, 4) is 0 Å². The van der Waals surface area contributed by atoms with Gasteiger partial charge in [-0.1, -0.05) is 0 Å². The van der Waals surface area contributed by atoms with E-state index in [1.54, 1.807) is 7.11 Å². The number of methoxy groups -OCH3 is 1. The van der Waals surface area contributed by atoms with Crippen LogP contribution in [0.2, 0.25) is 0 Å². The van der Waals surface area contributed by atoms with Crippen molar-refractivity contribution in [1.29, 1.82) is 0 Å². The summed E-state index contributed by atoms with van der Waals surface area (Å²) in [6.07, 6.45) is -1.88.